The average Bonchev–Trinajstić information content (AvgIpc) is 2.38. The van der Waals surface area contributed by atoms with Gasteiger partial charge in [-0.3, -0.25) is 4.79 Å². The van der Waals surface area contributed by atoms with Crippen molar-refractivity contribution in [2.45, 2.75) is 26.3 Å². The summed E-state index contributed by atoms with van der Waals surface area (Å²) in [5.74, 6) is 1.25. The van der Waals surface area contributed by atoms with Gasteiger partial charge in [-0.25, -0.2) is 4.98 Å². The van der Waals surface area contributed by atoms with E-state index >= 15 is 0 Å². The number of hydrogen-bond donors (Lipinski definition) is 3. The van der Waals surface area contributed by atoms with Crippen LogP contribution in [0.25, 0.3) is 0 Å². The van der Waals surface area contributed by atoms with E-state index in [0.717, 1.165) is 11.3 Å². The van der Waals surface area contributed by atoms with Gasteiger partial charge in [-0.15, -0.1) is 0 Å². The Morgan fingerprint density at radius 2 is 2.21 bits per heavy atom. The molecule has 0 fully saturated rings. The molecule has 0 bridgehead atoms. The first-order valence-corrected chi connectivity index (χ1v) is 6.30. The SMILES string of the molecule is CCc1nc(NC(C)c2cccc(N)c2)cc(=O)[nH]1. The van der Waals surface area contributed by atoms with Crippen molar-refractivity contribution in [2.75, 3.05) is 11.1 Å². The molecule has 4 N–H and O–H groups in total. The fraction of sp³-hybridized carbons (Fsp3) is 0.286. The number of H-pyrrole nitrogens is 1. The zero-order chi connectivity index (χ0) is 13.8. The second-order valence-corrected chi connectivity index (χ2v) is 4.47. The lowest BCUT2D eigenvalue weighted by Crippen LogP contribution is -2.15. The summed E-state index contributed by atoms with van der Waals surface area (Å²) in [5.41, 5.74) is 7.39. The van der Waals surface area contributed by atoms with Crippen molar-refractivity contribution < 1.29 is 0 Å². The van der Waals surface area contributed by atoms with Crippen molar-refractivity contribution in [3.8, 4) is 0 Å². The lowest BCUT2D eigenvalue weighted by molar-refractivity contribution is 0.852. The van der Waals surface area contributed by atoms with Gasteiger partial charge in [0.05, 0.1) is 6.04 Å². The fourth-order valence-corrected chi connectivity index (χ4v) is 1.88. The molecule has 1 aromatic carbocycles. The van der Waals surface area contributed by atoms with E-state index in [4.69, 9.17) is 5.73 Å². The van der Waals surface area contributed by atoms with E-state index in [0.29, 0.717) is 18.1 Å². The zero-order valence-corrected chi connectivity index (χ0v) is 11.1. The van der Waals surface area contributed by atoms with Gasteiger partial charge in [-0.2, -0.15) is 0 Å². The van der Waals surface area contributed by atoms with Crippen LogP contribution < -0.4 is 16.6 Å². The molecule has 2 aromatic rings. The monoisotopic (exact) mass is 258 g/mol. The molecule has 0 aliphatic heterocycles. The number of aromatic amines is 1. The Labute approximate surface area is 111 Å². The minimum absolute atomic E-state index is 0.0301. The summed E-state index contributed by atoms with van der Waals surface area (Å²) < 4.78 is 0. The molecule has 1 atom stereocenters. The highest BCUT2D eigenvalue weighted by Crippen LogP contribution is 2.19. The van der Waals surface area contributed by atoms with E-state index in [2.05, 4.69) is 15.3 Å². The Bertz CT molecular complexity index is 621. The number of nitrogen functional groups attached to an aromatic ring is 1. The maximum absolute atomic E-state index is 11.5. The normalized spacial score (nSPS) is 12.1. The first-order chi connectivity index (χ1) is 9.08. The molecule has 1 heterocycles. The zero-order valence-electron chi connectivity index (χ0n) is 11.1. The lowest BCUT2D eigenvalue weighted by Gasteiger charge is -2.15. The van der Waals surface area contributed by atoms with Crippen LogP contribution in [0.4, 0.5) is 11.5 Å². The quantitative estimate of drug-likeness (QED) is 0.733. The molecule has 0 aliphatic rings. The molecule has 100 valence electrons. The van der Waals surface area contributed by atoms with Crippen LogP contribution in [0.15, 0.2) is 35.1 Å². The molecule has 0 aliphatic carbocycles. The number of nitrogens with one attached hydrogen (secondary N) is 2. The standard InChI is InChI=1S/C14H18N4O/c1-3-12-17-13(8-14(19)18-12)16-9(2)10-5-4-6-11(15)7-10/h4-9H,3,15H2,1-2H3,(H2,16,17,18,19). The summed E-state index contributed by atoms with van der Waals surface area (Å²) in [6.07, 6.45) is 0.692. The van der Waals surface area contributed by atoms with Crippen molar-refractivity contribution in [2.24, 2.45) is 0 Å². The van der Waals surface area contributed by atoms with Crippen LogP contribution in [0.3, 0.4) is 0 Å². The first kappa shape index (κ1) is 13.1. The van der Waals surface area contributed by atoms with Gasteiger partial charge < -0.3 is 16.0 Å². The number of hydrogen-bond acceptors (Lipinski definition) is 4. The minimum Gasteiger partial charge on any atom is -0.399 e. The van der Waals surface area contributed by atoms with E-state index < -0.39 is 0 Å². The third-order valence-corrected chi connectivity index (χ3v) is 2.90. The van der Waals surface area contributed by atoms with Crippen molar-refractivity contribution in [3.05, 3.63) is 52.1 Å². The predicted molar refractivity (Wildman–Crippen MR) is 77.1 cm³/mol. The Kier molecular flexibility index (Phi) is 3.85. The van der Waals surface area contributed by atoms with Crippen LogP contribution in [-0.4, -0.2) is 9.97 Å². The molecule has 5 heteroatoms. The second-order valence-electron chi connectivity index (χ2n) is 4.47. The summed E-state index contributed by atoms with van der Waals surface area (Å²) in [6, 6.07) is 9.14. The van der Waals surface area contributed by atoms with Crippen LogP contribution >= 0.6 is 0 Å². The molecule has 1 aromatic heterocycles. The minimum atomic E-state index is -0.144. The molecule has 2 rings (SSSR count). The van der Waals surface area contributed by atoms with Crippen molar-refractivity contribution in [3.63, 3.8) is 0 Å². The Morgan fingerprint density at radius 3 is 2.89 bits per heavy atom. The van der Waals surface area contributed by atoms with E-state index in [1.165, 1.54) is 6.07 Å². The fourth-order valence-electron chi connectivity index (χ4n) is 1.88. The van der Waals surface area contributed by atoms with Crippen LogP contribution in [0.1, 0.15) is 31.3 Å². The maximum atomic E-state index is 11.5. The van der Waals surface area contributed by atoms with Crippen LogP contribution in [0.2, 0.25) is 0 Å². The van der Waals surface area contributed by atoms with E-state index in [9.17, 15) is 4.79 Å². The van der Waals surface area contributed by atoms with Gasteiger partial charge in [-0.1, -0.05) is 19.1 Å². The molecule has 0 spiro atoms. The van der Waals surface area contributed by atoms with Crippen molar-refractivity contribution in [1.82, 2.24) is 9.97 Å². The number of rotatable bonds is 4. The highest BCUT2D eigenvalue weighted by Gasteiger charge is 2.07. The van der Waals surface area contributed by atoms with Crippen LogP contribution in [-0.2, 0) is 6.42 Å². The Morgan fingerprint density at radius 1 is 1.42 bits per heavy atom. The third kappa shape index (κ3) is 3.34. The largest absolute Gasteiger partial charge is 0.399 e. The summed E-state index contributed by atoms with van der Waals surface area (Å²) in [5, 5.41) is 3.21. The third-order valence-electron chi connectivity index (χ3n) is 2.90. The van der Waals surface area contributed by atoms with Gasteiger partial charge in [0.1, 0.15) is 11.6 Å². The maximum Gasteiger partial charge on any atom is 0.252 e. The highest BCUT2D eigenvalue weighted by molar-refractivity contribution is 5.44. The molecule has 0 amide bonds. The number of aromatic nitrogens is 2. The van der Waals surface area contributed by atoms with E-state index in [1.807, 2.05) is 38.1 Å². The number of benzene rings is 1. The van der Waals surface area contributed by atoms with Gasteiger partial charge in [0.25, 0.3) is 5.56 Å². The van der Waals surface area contributed by atoms with Crippen LogP contribution in [0.5, 0.6) is 0 Å². The molecule has 19 heavy (non-hydrogen) atoms. The highest BCUT2D eigenvalue weighted by atomic mass is 16.1. The lowest BCUT2D eigenvalue weighted by atomic mass is 10.1. The number of nitrogens with zero attached hydrogens (tertiary/aromatic N) is 1. The Hall–Kier alpha value is -2.30. The topological polar surface area (TPSA) is 83.8 Å². The predicted octanol–water partition coefficient (Wildman–Crippen LogP) is 2.09. The molecule has 1 unspecified atom stereocenters. The van der Waals surface area contributed by atoms with Crippen molar-refractivity contribution >= 4 is 11.5 Å². The molecule has 0 saturated carbocycles. The second kappa shape index (κ2) is 5.56. The van der Waals surface area contributed by atoms with E-state index in [-0.39, 0.29) is 11.6 Å². The number of anilines is 2. The molecular weight excluding hydrogens is 240 g/mol. The summed E-state index contributed by atoms with van der Waals surface area (Å²) in [4.78, 5) is 18.5. The van der Waals surface area contributed by atoms with Crippen LogP contribution in [0, 0.1) is 0 Å². The summed E-state index contributed by atoms with van der Waals surface area (Å²) >= 11 is 0. The van der Waals surface area contributed by atoms with Gasteiger partial charge in [0, 0.05) is 18.2 Å². The van der Waals surface area contributed by atoms with Crippen molar-refractivity contribution in [1.29, 1.82) is 0 Å². The van der Waals surface area contributed by atoms with E-state index in [1.54, 1.807) is 0 Å². The summed E-state index contributed by atoms with van der Waals surface area (Å²) in [7, 11) is 0. The number of nitrogens with two attached hydrogens (primary N) is 1. The molecule has 0 saturated heterocycles. The average molecular weight is 258 g/mol. The first-order valence-electron chi connectivity index (χ1n) is 6.30. The number of aryl methyl sites for hydroxylation is 1. The van der Waals surface area contributed by atoms with Gasteiger partial charge in [-0.05, 0) is 24.6 Å². The smallest absolute Gasteiger partial charge is 0.252 e. The Balaban J connectivity index is 2.21. The van der Waals surface area contributed by atoms with Gasteiger partial charge in [0.15, 0.2) is 0 Å². The van der Waals surface area contributed by atoms with Gasteiger partial charge in [0.2, 0.25) is 0 Å². The molecular formula is C14H18N4O. The summed E-state index contributed by atoms with van der Waals surface area (Å²) in [6.45, 7) is 3.95. The molecule has 0 radical (unpaired) electrons. The molecule has 5 nitrogen and oxygen atoms in total. The van der Waals surface area contributed by atoms with Gasteiger partial charge >= 0.3 is 0 Å².